The zero-order valence-electron chi connectivity index (χ0n) is 32.3. The first-order valence-corrected chi connectivity index (χ1v) is 21.0. The lowest BCUT2D eigenvalue weighted by Crippen LogP contribution is -2.00. The molecule has 0 saturated heterocycles. The number of hydrogen-bond donors (Lipinski definition) is 0. The van der Waals surface area contributed by atoms with E-state index in [0.717, 1.165) is 103 Å². The minimum absolute atomic E-state index is 0.601. The Hall–Kier alpha value is -8.00. The predicted octanol–water partition coefficient (Wildman–Crippen LogP) is 14.9. The fraction of sp³-hybridized carbons (Fsp3) is 0. The monoisotopic (exact) mass is 798 g/mol. The second-order valence-electron chi connectivity index (χ2n) is 15.4. The first kappa shape index (κ1) is 33.9. The lowest BCUT2D eigenvalue weighted by molar-refractivity contribution is 0.670. The minimum Gasteiger partial charge on any atom is -0.455 e. The summed E-state index contributed by atoms with van der Waals surface area (Å²) in [7, 11) is 0. The average Bonchev–Trinajstić information content (AvgIpc) is 4.04. The maximum Gasteiger partial charge on any atom is 0.164 e. The van der Waals surface area contributed by atoms with Crippen LogP contribution in [0.3, 0.4) is 0 Å². The molecule has 6 nitrogen and oxygen atoms in total. The van der Waals surface area contributed by atoms with Crippen LogP contribution in [0.15, 0.2) is 191 Å². The molecule has 0 saturated carbocycles. The van der Waals surface area contributed by atoms with E-state index in [1.807, 2.05) is 30.3 Å². The lowest BCUT2D eigenvalue weighted by Gasteiger charge is -2.10. The summed E-state index contributed by atoms with van der Waals surface area (Å²) in [5, 5.41) is 9.72. The molecule has 284 valence electrons. The van der Waals surface area contributed by atoms with Crippen LogP contribution in [-0.2, 0) is 0 Å². The van der Waals surface area contributed by atoms with Gasteiger partial charge in [0.15, 0.2) is 17.5 Å². The van der Waals surface area contributed by atoms with Crippen LogP contribution in [0.4, 0.5) is 0 Å². The highest BCUT2D eigenvalue weighted by Gasteiger charge is 2.22. The number of furan rings is 2. The number of nitrogens with zero attached hydrogens (tertiary/aromatic N) is 4. The van der Waals surface area contributed by atoms with Crippen molar-refractivity contribution < 1.29 is 8.83 Å². The van der Waals surface area contributed by atoms with Gasteiger partial charge in [0.2, 0.25) is 0 Å². The van der Waals surface area contributed by atoms with E-state index >= 15 is 0 Å². The second kappa shape index (κ2) is 13.3. The number of aromatic nitrogens is 4. The van der Waals surface area contributed by atoms with E-state index in [2.05, 4.69) is 152 Å². The SMILES string of the molecule is c1ccc2cc(-c3nc(-c4ccc(-c5cc6sc(-c7cccc8c7oc7ccccc78)nc6c6c5oc5ccccc56)cc4)nc(-c4ccc5ccccc5c4)n3)ccc2c1. The standard InChI is InChI=1S/C54H30N4O2S/c1-3-12-35-28-37(26-20-31(35)10-1)52-56-51(57-53(58-52)38-27-21-32-11-2-4-13-36(32)29-38)34-24-22-33(23-25-34)43-30-46-48(47-41-15-6-8-19-45(41)60-50(43)47)55-54(61-46)42-17-9-16-40-39-14-5-7-18-44(39)59-49(40)42/h1-30H. The van der Waals surface area contributed by atoms with Crippen LogP contribution in [0.25, 0.3) is 132 Å². The topological polar surface area (TPSA) is 77.8 Å². The van der Waals surface area contributed by atoms with E-state index in [1.54, 1.807) is 11.3 Å². The highest BCUT2D eigenvalue weighted by Crippen LogP contribution is 2.45. The zero-order valence-corrected chi connectivity index (χ0v) is 33.2. The quantitative estimate of drug-likeness (QED) is 0.173. The Morgan fingerprint density at radius 2 is 0.885 bits per heavy atom. The van der Waals surface area contributed by atoms with E-state index in [0.29, 0.717) is 17.5 Å². The summed E-state index contributed by atoms with van der Waals surface area (Å²) < 4.78 is 14.2. The van der Waals surface area contributed by atoms with Gasteiger partial charge in [0, 0.05) is 38.4 Å². The Morgan fingerprint density at radius 1 is 0.361 bits per heavy atom. The number of thiazole rings is 1. The molecule has 7 heteroatoms. The number of benzene rings is 9. The van der Waals surface area contributed by atoms with Crippen molar-refractivity contribution in [1.29, 1.82) is 0 Å². The molecule has 0 N–H and O–H groups in total. The van der Waals surface area contributed by atoms with Crippen molar-refractivity contribution in [2.75, 3.05) is 0 Å². The summed E-state index contributed by atoms with van der Waals surface area (Å²) in [6, 6.07) is 62.8. The van der Waals surface area contributed by atoms with Gasteiger partial charge in [0.1, 0.15) is 27.3 Å². The highest BCUT2D eigenvalue weighted by atomic mass is 32.1. The van der Waals surface area contributed by atoms with Crippen LogP contribution in [-0.4, -0.2) is 19.9 Å². The molecule has 9 aromatic carbocycles. The van der Waals surface area contributed by atoms with E-state index in [4.69, 9.17) is 28.8 Å². The maximum atomic E-state index is 6.69. The van der Waals surface area contributed by atoms with Crippen molar-refractivity contribution in [3.63, 3.8) is 0 Å². The number of hydrogen-bond acceptors (Lipinski definition) is 7. The van der Waals surface area contributed by atoms with Crippen LogP contribution in [0.1, 0.15) is 0 Å². The Balaban J connectivity index is 0.958. The average molecular weight is 799 g/mol. The molecule has 0 aliphatic heterocycles. The van der Waals surface area contributed by atoms with Gasteiger partial charge < -0.3 is 8.83 Å². The third-order valence-electron chi connectivity index (χ3n) is 11.7. The minimum atomic E-state index is 0.601. The van der Waals surface area contributed by atoms with E-state index < -0.39 is 0 Å². The van der Waals surface area contributed by atoms with Gasteiger partial charge in [-0.25, -0.2) is 19.9 Å². The van der Waals surface area contributed by atoms with E-state index in [-0.39, 0.29) is 0 Å². The summed E-state index contributed by atoms with van der Waals surface area (Å²) in [5.74, 6) is 1.84. The van der Waals surface area contributed by atoms with E-state index in [9.17, 15) is 0 Å². The molecule has 13 aromatic rings. The van der Waals surface area contributed by atoms with E-state index in [1.165, 1.54) is 10.8 Å². The van der Waals surface area contributed by atoms with Crippen molar-refractivity contribution >= 4 is 87.0 Å². The molecular formula is C54H30N4O2S. The lowest BCUT2D eigenvalue weighted by atomic mass is 10.00. The van der Waals surface area contributed by atoms with Crippen molar-refractivity contribution in [3.8, 4) is 55.9 Å². The Morgan fingerprint density at radius 3 is 1.57 bits per heavy atom. The van der Waals surface area contributed by atoms with Gasteiger partial charge >= 0.3 is 0 Å². The molecule has 0 amide bonds. The molecule has 0 bridgehead atoms. The molecular weight excluding hydrogens is 769 g/mol. The van der Waals surface area contributed by atoms with Gasteiger partial charge in [-0.2, -0.15) is 0 Å². The van der Waals surface area contributed by atoms with Crippen molar-refractivity contribution in [2.45, 2.75) is 0 Å². The molecule has 0 unspecified atom stereocenters. The fourth-order valence-corrected chi connectivity index (χ4v) is 9.78. The molecule has 13 rings (SSSR count). The summed E-state index contributed by atoms with van der Waals surface area (Å²) in [6.45, 7) is 0. The molecule has 0 radical (unpaired) electrons. The summed E-state index contributed by atoms with van der Waals surface area (Å²) in [4.78, 5) is 20.6. The Kier molecular flexibility index (Phi) is 7.37. The van der Waals surface area contributed by atoms with Crippen molar-refractivity contribution in [3.05, 3.63) is 182 Å². The largest absolute Gasteiger partial charge is 0.455 e. The molecule has 0 aliphatic rings. The van der Waals surface area contributed by atoms with Crippen LogP contribution >= 0.6 is 11.3 Å². The molecule has 0 aliphatic carbocycles. The summed E-state index contributed by atoms with van der Waals surface area (Å²) in [5.41, 5.74) is 9.99. The van der Waals surface area contributed by atoms with Crippen LogP contribution in [0, 0.1) is 0 Å². The third kappa shape index (κ3) is 5.48. The Labute approximate surface area is 352 Å². The molecule has 0 spiro atoms. The van der Waals surface area contributed by atoms with Gasteiger partial charge in [0.05, 0.1) is 21.2 Å². The predicted molar refractivity (Wildman–Crippen MR) is 250 cm³/mol. The Bertz CT molecular complexity index is 3800. The summed E-state index contributed by atoms with van der Waals surface area (Å²) >= 11 is 1.67. The van der Waals surface area contributed by atoms with Gasteiger partial charge in [-0.15, -0.1) is 11.3 Å². The molecule has 0 fully saturated rings. The number of rotatable bonds is 5. The third-order valence-corrected chi connectivity index (χ3v) is 12.8. The first-order valence-electron chi connectivity index (χ1n) is 20.2. The summed E-state index contributed by atoms with van der Waals surface area (Å²) in [6.07, 6.45) is 0. The molecule has 4 aromatic heterocycles. The normalized spacial score (nSPS) is 11.9. The second-order valence-corrected chi connectivity index (χ2v) is 16.4. The van der Waals surface area contributed by atoms with Crippen LogP contribution < -0.4 is 0 Å². The van der Waals surface area contributed by atoms with Gasteiger partial charge in [-0.05, 0) is 63.5 Å². The van der Waals surface area contributed by atoms with Crippen LogP contribution in [0.5, 0.6) is 0 Å². The van der Waals surface area contributed by atoms with Gasteiger partial charge in [-0.1, -0.05) is 146 Å². The number of fused-ring (bicyclic) bond motifs is 10. The van der Waals surface area contributed by atoms with Gasteiger partial charge in [-0.3, -0.25) is 0 Å². The van der Waals surface area contributed by atoms with Crippen LogP contribution in [0.2, 0.25) is 0 Å². The molecule has 61 heavy (non-hydrogen) atoms. The number of para-hydroxylation sites is 3. The highest BCUT2D eigenvalue weighted by molar-refractivity contribution is 7.22. The zero-order chi connectivity index (χ0) is 40.0. The molecule has 0 atom stereocenters. The molecule has 4 heterocycles. The first-order chi connectivity index (χ1) is 30.2. The smallest absolute Gasteiger partial charge is 0.164 e. The van der Waals surface area contributed by atoms with Crippen molar-refractivity contribution in [2.24, 2.45) is 0 Å². The maximum absolute atomic E-state index is 6.69. The van der Waals surface area contributed by atoms with Crippen molar-refractivity contribution in [1.82, 2.24) is 19.9 Å². The van der Waals surface area contributed by atoms with Gasteiger partial charge in [0.25, 0.3) is 0 Å². The fourth-order valence-electron chi connectivity index (χ4n) is 8.74.